The Hall–Kier alpha value is -3.01. The van der Waals surface area contributed by atoms with E-state index in [1.807, 2.05) is 25.5 Å². The zero-order valence-electron chi connectivity index (χ0n) is 21.0. The third kappa shape index (κ3) is 4.70. The first kappa shape index (κ1) is 24.7. The minimum atomic E-state index is -3.80. The summed E-state index contributed by atoms with van der Waals surface area (Å²) in [7, 11) is 1.98. The number of fused-ring (bicyclic) bond motifs is 1. The fourth-order valence-electron chi connectivity index (χ4n) is 5.27. The zero-order valence-corrected chi connectivity index (χ0v) is 21.9. The van der Waals surface area contributed by atoms with Gasteiger partial charge in [-0.05, 0) is 62.4 Å². The maximum absolute atomic E-state index is 13.5. The summed E-state index contributed by atoms with van der Waals surface area (Å²) in [6, 6.07) is 11.2. The van der Waals surface area contributed by atoms with E-state index < -0.39 is 10.0 Å². The van der Waals surface area contributed by atoms with Crippen LogP contribution in [-0.4, -0.2) is 65.4 Å². The molecule has 0 unspecified atom stereocenters. The van der Waals surface area contributed by atoms with Crippen LogP contribution in [0.15, 0.2) is 66.1 Å². The van der Waals surface area contributed by atoms with Crippen molar-refractivity contribution in [3.8, 4) is 11.1 Å². The first-order chi connectivity index (χ1) is 17.4. The number of aryl methyl sites for hydroxylation is 1. The zero-order chi connectivity index (χ0) is 25.3. The molecule has 8 nitrogen and oxygen atoms in total. The predicted molar refractivity (Wildman–Crippen MR) is 140 cm³/mol. The molecule has 0 aliphatic heterocycles. The van der Waals surface area contributed by atoms with E-state index in [1.165, 1.54) is 9.54 Å². The van der Waals surface area contributed by atoms with Crippen LogP contribution in [0.1, 0.15) is 37.2 Å². The smallest absolute Gasteiger partial charge is 0.269 e. The van der Waals surface area contributed by atoms with E-state index in [-0.39, 0.29) is 4.90 Å². The van der Waals surface area contributed by atoms with E-state index in [1.54, 1.807) is 48.5 Å². The average molecular weight is 508 g/mol. The number of benzene rings is 1. The van der Waals surface area contributed by atoms with Crippen molar-refractivity contribution in [3.05, 3.63) is 66.7 Å². The molecule has 3 aromatic heterocycles. The van der Waals surface area contributed by atoms with Crippen molar-refractivity contribution in [3.63, 3.8) is 0 Å². The first-order valence-corrected chi connectivity index (χ1v) is 13.8. The van der Waals surface area contributed by atoms with Crippen LogP contribution in [0.4, 0.5) is 0 Å². The largest absolute Gasteiger partial charge is 0.383 e. The van der Waals surface area contributed by atoms with Crippen LogP contribution >= 0.6 is 0 Å². The Morgan fingerprint density at radius 3 is 2.50 bits per heavy atom. The highest BCUT2D eigenvalue weighted by Gasteiger charge is 2.27. The minimum absolute atomic E-state index is 0.237. The standard InChI is InChI=1S/C27H33N5O3S/c1-30(13-14-35-3)23-11-9-20(10-12-23)21-15-25-26(22-17-29-31(2)18-22)19-32(27(25)28-16-21)36(33,34)24-7-5-4-6-8-24/h4-8,15-20,23H,9-14H2,1-3H3/t20-,23-. The molecule has 3 heterocycles. The molecule has 1 aliphatic rings. The number of hydrogen-bond acceptors (Lipinski definition) is 6. The summed E-state index contributed by atoms with van der Waals surface area (Å²) in [6.45, 7) is 1.69. The highest BCUT2D eigenvalue weighted by atomic mass is 32.2. The van der Waals surface area contributed by atoms with Crippen molar-refractivity contribution in [2.24, 2.45) is 7.05 Å². The van der Waals surface area contributed by atoms with Gasteiger partial charge in [0.25, 0.3) is 10.0 Å². The Bertz CT molecular complexity index is 1440. The van der Waals surface area contributed by atoms with Gasteiger partial charge in [0, 0.05) is 61.8 Å². The normalized spacial score (nSPS) is 18.8. The van der Waals surface area contributed by atoms with Gasteiger partial charge < -0.3 is 9.64 Å². The lowest BCUT2D eigenvalue weighted by molar-refractivity contribution is 0.120. The Morgan fingerprint density at radius 2 is 1.83 bits per heavy atom. The van der Waals surface area contributed by atoms with Gasteiger partial charge in [0.1, 0.15) is 0 Å². The summed E-state index contributed by atoms with van der Waals surface area (Å²) in [6.07, 6.45) is 11.6. The molecule has 190 valence electrons. The van der Waals surface area contributed by atoms with Gasteiger partial charge in [-0.1, -0.05) is 18.2 Å². The second-order valence-corrected chi connectivity index (χ2v) is 11.5. The van der Waals surface area contributed by atoms with Crippen LogP contribution in [0.5, 0.6) is 0 Å². The van der Waals surface area contributed by atoms with Gasteiger partial charge in [0.05, 0.1) is 17.7 Å². The fourth-order valence-corrected chi connectivity index (χ4v) is 6.61. The van der Waals surface area contributed by atoms with Gasteiger partial charge >= 0.3 is 0 Å². The number of aromatic nitrogens is 4. The molecule has 9 heteroatoms. The third-order valence-electron chi connectivity index (χ3n) is 7.39. The van der Waals surface area contributed by atoms with Gasteiger partial charge in [-0.2, -0.15) is 5.10 Å². The van der Waals surface area contributed by atoms with Crippen molar-refractivity contribution in [2.45, 2.75) is 42.5 Å². The molecule has 1 aliphatic carbocycles. The molecular weight excluding hydrogens is 474 g/mol. The molecule has 36 heavy (non-hydrogen) atoms. The number of rotatable bonds is 8. The fraction of sp³-hybridized carbons (Fsp3) is 0.407. The molecule has 1 fully saturated rings. The highest BCUT2D eigenvalue weighted by molar-refractivity contribution is 7.90. The molecule has 0 radical (unpaired) electrons. The third-order valence-corrected chi connectivity index (χ3v) is 9.05. The molecule has 0 amide bonds. The van der Waals surface area contributed by atoms with Crippen molar-refractivity contribution < 1.29 is 13.2 Å². The maximum atomic E-state index is 13.5. The van der Waals surface area contributed by atoms with Crippen LogP contribution in [-0.2, 0) is 21.8 Å². The second-order valence-electron chi connectivity index (χ2n) is 9.68. The van der Waals surface area contributed by atoms with Crippen LogP contribution in [0.25, 0.3) is 22.2 Å². The minimum Gasteiger partial charge on any atom is -0.383 e. The van der Waals surface area contributed by atoms with Crippen molar-refractivity contribution in [1.29, 1.82) is 0 Å². The quantitative estimate of drug-likeness (QED) is 0.354. The van der Waals surface area contributed by atoms with Crippen LogP contribution in [0.2, 0.25) is 0 Å². The van der Waals surface area contributed by atoms with E-state index in [0.29, 0.717) is 17.6 Å². The van der Waals surface area contributed by atoms with Gasteiger partial charge in [0.15, 0.2) is 5.65 Å². The SMILES string of the molecule is COCCN(C)[C@H]1CC[C@H](c2cnc3c(c2)c(-c2cnn(C)c2)cn3S(=O)(=O)c2ccccc2)CC1. The molecule has 0 N–H and O–H groups in total. The molecule has 0 bridgehead atoms. The van der Waals surface area contributed by atoms with E-state index in [0.717, 1.165) is 55.3 Å². The summed E-state index contributed by atoms with van der Waals surface area (Å²) in [4.78, 5) is 7.36. The molecule has 0 spiro atoms. The summed E-state index contributed by atoms with van der Waals surface area (Å²) < 4.78 is 35.4. The van der Waals surface area contributed by atoms with Gasteiger partial charge in [0.2, 0.25) is 0 Å². The lowest BCUT2D eigenvalue weighted by Crippen LogP contribution is -2.36. The Morgan fingerprint density at radius 1 is 1.08 bits per heavy atom. The molecule has 0 atom stereocenters. The lowest BCUT2D eigenvalue weighted by Gasteiger charge is -2.34. The summed E-state index contributed by atoms with van der Waals surface area (Å²) in [5.41, 5.74) is 3.29. The lowest BCUT2D eigenvalue weighted by atomic mass is 9.81. The Labute approximate surface area is 212 Å². The number of likely N-dealkylation sites (N-methyl/N-ethyl adjacent to an activating group) is 1. The first-order valence-electron chi connectivity index (χ1n) is 12.4. The topological polar surface area (TPSA) is 82.2 Å². The monoisotopic (exact) mass is 507 g/mol. The van der Waals surface area contributed by atoms with Crippen molar-refractivity contribution >= 4 is 21.1 Å². The number of hydrogen-bond donors (Lipinski definition) is 0. The van der Waals surface area contributed by atoms with Crippen LogP contribution in [0.3, 0.4) is 0 Å². The summed E-state index contributed by atoms with van der Waals surface area (Å²) >= 11 is 0. The average Bonchev–Trinajstić information content (AvgIpc) is 3.51. The van der Waals surface area contributed by atoms with Crippen molar-refractivity contribution in [2.75, 3.05) is 27.3 Å². The predicted octanol–water partition coefficient (Wildman–Crippen LogP) is 4.28. The molecule has 4 aromatic rings. The Kier molecular flexibility index (Phi) is 6.96. The molecule has 5 rings (SSSR count). The molecule has 1 aromatic carbocycles. The number of nitrogens with zero attached hydrogens (tertiary/aromatic N) is 5. The Balaban J connectivity index is 1.51. The molecule has 0 saturated heterocycles. The number of ether oxygens (including phenoxy) is 1. The van der Waals surface area contributed by atoms with E-state index in [2.05, 4.69) is 23.1 Å². The van der Waals surface area contributed by atoms with Crippen LogP contribution in [0, 0.1) is 0 Å². The summed E-state index contributed by atoms with van der Waals surface area (Å²) in [5.74, 6) is 0.407. The molecule has 1 saturated carbocycles. The maximum Gasteiger partial charge on any atom is 0.269 e. The summed E-state index contributed by atoms with van der Waals surface area (Å²) in [5, 5.41) is 5.14. The van der Waals surface area contributed by atoms with E-state index >= 15 is 0 Å². The number of pyridine rings is 1. The second kappa shape index (κ2) is 10.2. The van der Waals surface area contributed by atoms with E-state index in [9.17, 15) is 8.42 Å². The van der Waals surface area contributed by atoms with Gasteiger partial charge in [-0.25, -0.2) is 17.4 Å². The van der Waals surface area contributed by atoms with Crippen LogP contribution < -0.4 is 0 Å². The number of methoxy groups -OCH3 is 1. The van der Waals surface area contributed by atoms with Gasteiger partial charge in [-0.3, -0.25) is 4.68 Å². The molecular formula is C27H33N5O3S. The highest BCUT2D eigenvalue weighted by Crippen LogP contribution is 2.38. The van der Waals surface area contributed by atoms with Crippen molar-refractivity contribution in [1.82, 2.24) is 23.6 Å². The van der Waals surface area contributed by atoms with Gasteiger partial charge in [-0.15, -0.1) is 0 Å². The van der Waals surface area contributed by atoms with E-state index in [4.69, 9.17) is 9.72 Å².